The van der Waals surface area contributed by atoms with Crippen molar-refractivity contribution in [1.82, 2.24) is 4.90 Å². The maximum atomic E-state index is 12.0. The minimum absolute atomic E-state index is 0.0693. The van der Waals surface area contributed by atoms with Crippen LogP contribution in [0.3, 0.4) is 0 Å². The van der Waals surface area contributed by atoms with E-state index in [4.69, 9.17) is 4.74 Å². The summed E-state index contributed by atoms with van der Waals surface area (Å²) in [5.41, 5.74) is 0.376. The van der Waals surface area contributed by atoms with Crippen LogP contribution in [0.15, 0.2) is 30.3 Å². The molecule has 0 aliphatic carbocycles. The maximum Gasteiger partial charge on any atom is 0.329 e. The van der Waals surface area contributed by atoms with Crippen molar-refractivity contribution in [2.45, 2.75) is 25.4 Å². The van der Waals surface area contributed by atoms with Crippen LogP contribution in [0.5, 0.6) is 0 Å². The van der Waals surface area contributed by atoms with Crippen molar-refractivity contribution >= 4 is 5.97 Å². The van der Waals surface area contributed by atoms with Crippen molar-refractivity contribution in [3.63, 3.8) is 0 Å². The summed E-state index contributed by atoms with van der Waals surface area (Å²) in [5.74, 6) is 6.28. The van der Waals surface area contributed by atoms with Crippen LogP contribution in [0.1, 0.15) is 19.4 Å². The molecule has 0 spiro atoms. The quantitative estimate of drug-likeness (QED) is 0.460. The third kappa shape index (κ3) is 2.13. The van der Waals surface area contributed by atoms with Gasteiger partial charge >= 0.3 is 5.97 Å². The summed E-state index contributed by atoms with van der Waals surface area (Å²) in [6.45, 7) is 4.05. The summed E-state index contributed by atoms with van der Waals surface area (Å²) < 4.78 is 4.94. The molecule has 1 aliphatic rings. The van der Waals surface area contributed by atoms with Gasteiger partial charge in [-0.25, -0.2) is 4.79 Å². The molecule has 1 aromatic carbocycles. The highest BCUT2D eigenvalue weighted by Gasteiger charge is 2.68. The van der Waals surface area contributed by atoms with E-state index >= 15 is 0 Å². The fourth-order valence-electron chi connectivity index (χ4n) is 2.70. The van der Waals surface area contributed by atoms with Gasteiger partial charge in [0.1, 0.15) is 11.6 Å². The lowest BCUT2D eigenvalue weighted by molar-refractivity contribution is -0.146. The first-order valence-corrected chi connectivity index (χ1v) is 6.43. The first-order chi connectivity index (χ1) is 9.05. The fraction of sp³-hybridized carbons (Fsp3) is 0.438. The molecule has 0 radical (unpaired) electrons. The minimum atomic E-state index is -0.587. The number of likely N-dealkylation sites (N-methyl/N-ethyl adjacent to an activating group) is 1. The van der Waals surface area contributed by atoms with Gasteiger partial charge in [0, 0.05) is 5.56 Å². The number of benzene rings is 1. The van der Waals surface area contributed by atoms with Crippen molar-refractivity contribution < 1.29 is 9.53 Å². The van der Waals surface area contributed by atoms with E-state index in [0.717, 1.165) is 5.56 Å². The summed E-state index contributed by atoms with van der Waals surface area (Å²) >= 11 is 0. The molecule has 1 aliphatic heterocycles. The molecule has 1 aromatic rings. The Morgan fingerprint density at radius 1 is 1.37 bits per heavy atom. The molecule has 0 amide bonds. The van der Waals surface area contributed by atoms with Gasteiger partial charge in [0.2, 0.25) is 0 Å². The number of hydrogen-bond acceptors (Lipinski definition) is 3. The molecule has 3 nitrogen and oxygen atoms in total. The monoisotopic (exact) mass is 257 g/mol. The van der Waals surface area contributed by atoms with Crippen LogP contribution < -0.4 is 0 Å². The molecule has 2 rings (SSSR count). The number of carbonyl (C=O) groups excluding carboxylic acids is 1. The SMILES string of the molecule is COC(=O)C1(C(C)C)C(C#Cc2ccccc2)N1C. The Balaban J connectivity index is 2.24. The van der Waals surface area contributed by atoms with Gasteiger partial charge in [-0.05, 0) is 25.1 Å². The Hall–Kier alpha value is -1.79. The first-order valence-electron chi connectivity index (χ1n) is 6.43. The normalized spacial score (nSPS) is 28.5. The molecule has 1 heterocycles. The molecule has 0 N–H and O–H groups in total. The standard InChI is InChI=1S/C16H19NO2/c1-12(2)16(15(18)19-4)14(17(16)3)11-10-13-8-6-5-7-9-13/h5-9,12,14H,1-4H3. The van der Waals surface area contributed by atoms with E-state index < -0.39 is 5.54 Å². The summed E-state index contributed by atoms with van der Waals surface area (Å²) in [7, 11) is 3.35. The molecular formula is C16H19NO2. The molecule has 1 fully saturated rings. The summed E-state index contributed by atoms with van der Waals surface area (Å²) in [6.07, 6.45) is 0. The molecule has 100 valence electrons. The van der Waals surface area contributed by atoms with Crippen LogP contribution in [0.4, 0.5) is 0 Å². The van der Waals surface area contributed by atoms with Crippen molar-refractivity contribution in [1.29, 1.82) is 0 Å². The Kier molecular flexibility index (Phi) is 3.64. The topological polar surface area (TPSA) is 29.3 Å². The van der Waals surface area contributed by atoms with Crippen LogP contribution in [0.25, 0.3) is 0 Å². The third-order valence-electron chi connectivity index (χ3n) is 3.84. The number of carbonyl (C=O) groups is 1. The van der Waals surface area contributed by atoms with Gasteiger partial charge in [-0.3, -0.25) is 4.90 Å². The fourth-order valence-corrected chi connectivity index (χ4v) is 2.70. The van der Waals surface area contributed by atoms with Crippen molar-refractivity contribution in [2.24, 2.45) is 5.92 Å². The Morgan fingerprint density at radius 3 is 2.53 bits per heavy atom. The van der Waals surface area contributed by atoms with E-state index in [-0.39, 0.29) is 17.9 Å². The van der Waals surface area contributed by atoms with Crippen LogP contribution in [-0.4, -0.2) is 36.6 Å². The summed E-state index contributed by atoms with van der Waals surface area (Å²) in [6, 6.07) is 9.73. The van der Waals surface area contributed by atoms with Crippen LogP contribution in [0.2, 0.25) is 0 Å². The van der Waals surface area contributed by atoms with Crippen LogP contribution in [0, 0.1) is 17.8 Å². The Morgan fingerprint density at radius 2 is 2.00 bits per heavy atom. The summed E-state index contributed by atoms with van der Waals surface area (Å²) in [5, 5.41) is 0. The molecule has 19 heavy (non-hydrogen) atoms. The van der Waals surface area contributed by atoms with Crippen molar-refractivity contribution in [2.75, 3.05) is 14.2 Å². The predicted molar refractivity (Wildman–Crippen MR) is 74.5 cm³/mol. The van der Waals surface area contributed by atoms with E-state index in [1.165, 1.54) is 7.11 Å². The van der Waals surface area contributed by atoms with Gasteiger partial charge in [-0.1, -0.05) is 43.9 Å². The van der Waals surface area contributed by atoms with Gasteiger partial charge in [0.25, 0.3) is 0 Å². The predicted octanol–water partition coefficient (Wildman–Crippen LogP) is 1.92. The van der Waals surface area contributed by atoms with E-state index in [2.05, 4.69) is 11.8 Å². The molecule has 3 atom stereocenters. The smallest absolute Gasteiger partial charge is 0.329 e. The number of rotatable bonds is 2. The lowest BCUT2D eigenvalue weighted by atomic mass is 9.91. The van der Waals surface area contributed by atoms with Crippen LogP contribution >= 0.6 is 0 Å². The van der Waals surface area contributed by atoms with E-state index in [1.54, 1.807) is 0 Å². The number of hydrogen-bond donors (Lipinski definition) is 0. The lowest BCUT2D eigenvalue weighted by Gasteiger charge is -2.17. The van der Waals surface area contributed by atoms with Gasteiger partial charge in [0.15, 0.2) is 0 Å². The summed E-state index contributed by atoms with van der Waals surface area (Å²) in [4.78, 5) is 14.0. The molecule has 3 heteroatoms. The van der Waals surface area contributed by atoms with Gasteiger partial charge in [0.05, 0.1) is 7.11 Å². The lowest BCUT2D eigenvalue weighted by Crippen LogP contribution is -2.36. The first kappa shape index (κ1) is 13.6. The highest BCUT2D eigenvalue weighted by atomic mass is 16.5. The average Bonchev–Trinajstić information content (AvgIpc) is 3.02. The zero-order valence-corrected chi connectivity index (χ0v) is 11.8. The van der Waals surface area contributed by atoms with Crippen molar-refractivity contribution in [3.8, 4) is 11.8 Å². The Bertz CT molecular complexity index is 527. The Labute approximate surface area is 114 Å². The molecule has 3 unspecified atom stereocenters. The van der Waals surface area contributed by atoms with Gasteiger partial charge in [-0.2, -0.15) is 0 Å². The third-order valence-corrected chi connectivity index (χ3v) is 3.84. The van der Waals surface area contributed by atoms with E-state index in [0.29, 0.717) is 0 Å². The largest absolute Gasteiger partial charge is 0.468 e. The van der Waals surface area contributed by atoms with E-state index in [1.807, 2.05) is 56.1 Å². The second kappa shape index (κ2) is 5.07. The average molecular weight is 257 g/mol. The van der Waals surface area contributed by atoms with Gasteiger partial charge < -0.3 is 4.74 Å². The molecule has 0 bridgehead atoms. The van der Waals surface area contributed by atoms with Crippen molar-refractivity contribution in [3.05, 3.63) is 35.9 Å². The molecular weight excluding hydrogens is 238 g/mol. The zero-order valence-electron chi connectivity index (χ0n) is 11.8. The molecule has 0 saturated carbocycles. The maximum absolute atomic E-state index is 12.0. The number of esters is 1. The number of ether oxygens (including phenoxy) is 1. The second-order valence-corrected chi connectivity index (χ2v) is 5.12. The highest BCUT2D eigenvalue weighted by molar-refractivity contribution is 5.87. The van der Waals surface area contributed by atoms with Crippen LogP contribution in [-0.2, 0) is 9.53 Å². The second-order valence-electron chi connectivity index (χ2n) is 5.12. The molecule has 0 aromatic heterocycles. The zero-order chi connectivity index (χ0) is 14.0. The van der Waals surface area contributed by atoms with E-state index in [9.17, 15) is 4.79 Å². The number of nitrogens with zero attached hydrogens (tertiary/aromatic N) is 1. The van der Waals surface area contributed by atoms with Gasteiger partial charge in [-0.15, -0.1) is 0 Å². The minimum Gasteiger partial charge on any atom is -0.468 e. The highest BCUT2D eigenvalue weighted by Crippen LogP contribution is 2.46. The number of methoxy groups -OCH3 is 1. The molecule has 1 saturated heterocycles.